The fourth-order valence-corrected chi connectivity index (χ4v) is 2.24. The summed E-state index contributed by atoms with van der Waals surface area (Å²) in [6.07, 6.45) is 1.25. The number of hydrogen-bond donors (Lipinski definition) is 2. The van der Waals surface area contributed by atoms with E-state index in [0.717, 1.165) is 19.5 Å². The zero-order chi connectivity index (χ0) is 15.1. The second-order valence-electron chi connectivity index (χ2n) is 5.90. The number of nitrogens with two attached hydrogens (primary N) is 1. The lowest BCUT2D eigenvalue weighted by Gasteiger charge is -2.34. The van der Waals surface area contributed by atoms with Crippen molar-refractivity contribution in [3.63, 3.8) is 0 Å². The number of amides is 2. The number of nitrogens with one attached hydrogen (secondary N) is 1. The molecule has 0 radical (unpaired) electrons. The molecule has 0 aliphatic carbocycles. The molecular weight excluding hydrogens is 256 g/mol. The zero-order valence-corrected chi connectivity index (χ0v) is 12.9. The molecule has 0 aromatic carbocycles. The molecule has 0 aromatic rings. The van der Waals surface area contributed by atoms with Crippen molar-refractivity contribution in [2.24, 2.45) is 5.73 Å². The van der Waals surface area contributed by atoms with Crippen LogP contribution in [0, 0.1) is 0 Å². The molecule has 1 aliphatic rings. The molecule has 1 saturated heterocycles. The van der Waals surface area contributed by atoms with Crippen LogP contribution in [0.1, 0.15) is 33.6 Å². The van der Waals surface area contributed by atoms with Gasteiger partial charge in [0.25, 0.3) is 0 Å². The Hall–Kier alpha value is -1.14. The van der Waals surface area contributed by atoms with Gasteiger partial charge in [-0.1, -0.05) is 0 Å². The zero-order valence-electron chi connectivity index (χ0n) is 12.9. The van der Waals surface area contributed by atoms with Crippen LogP contribution < -0.4 is 11.1 Å². The smallest absolute Gasteiger partial charge is 0.234 e. The average Bonchev–Trinajstić information content (AvgIpc) is 2.35. The van der Waals surface area contributed by atoms with Crippen LogP contribution in [0.2, 0.25) is 0 Å². The highest BCUT2D eigenvalue weighted by atomic mass is 16.2. The van der Waals surface area contributed by atoms with Gasteiger partial charge in [-0.15, -0.1) is 0 Å². The first-order valence-corrected chi connectivity index (χ1v) is 7.43. The highest BCUT2D eigenvalue weighted by molar-refractivity contribution is 5.78. The van der Waals surface area contributed by atoms with E-state index in [9.17, 15) is 9.59 Å². The van der Waals surface area contributed by atoms with Crippen molar-refractivity contribution in [1.82, 2.24) is 15.1 Å². The van der Waals surface area contributed by atoms with Crippen molar-refractivity contribution >= 4 is 11.8 Å². The molecule has 0 saturated carbocycles. The van der Waals surface area contributed by atoms with Crippen molar-refractivity contribution in [3.05, 3.63) is 0 Å². The molecule has 1 heterocycles. The van der Waals surface area contributed by atoms with Gasteiger partial charge in [-0.3, -0.25) is 14.5 Å². The summed E-state index contributed by atoms with van der Waals surface area (Å²) in [6, 6.07) is 0.239. The summed E-state index contributed by atoms with van der Waals surface area (Å²) < 4.78 is 0. The van der Waals surface area contributed by atoms with Crippen molar-refractivity contribution < 1.29 is 9.59 Å². The lowest BCUT2D eigenvalue weighted by atomic mass is 10.1. The van der Waals surface area contributed by atoms with Crippen LogP contribution in [0.15, 0.2) is 0 Å². The van der Waals surface area contributed by atoms with E-state index in [4.69, 9.17) is 5.73 Å². The quantitative estimate of drug-likeness (QED) is 0.707. The van der Waals surface area contributed by atoms with Crippen LogP contribution >= 0.6 is 0 Å². The average molecular weight is 284 g/mol. The van der Waals surface area contributed by atoms with Gasteiger partial charge in [-0.2, -0.15) is 0 Å². The first-order valence-electron chi connectivity index (χ1n) is 7.43. The van der Waals surface area contributed by atoms with Gasteiger partial charge in [0.05, 0.1) is 6.54 Å². The Morgan fingerprint density at radius 2 is 1.75 bits per heavy atom. The predicted molar refractivity (Wildman–Crippen MR) is 79.2 cm³/mol. The van der Waals surface area contributed by atoms with Gasteiger partial charge < -0.3 is 16.0 Å². The van der Waals surface area contributed by atoms with E-state index in [1.165, 1.54) is 0 Å². The molecule has 1 fully saturated rings. The van der Waals surface area contributed by atoms with Crippen molar-refractivity contribution in [2.45, 2.75) is 45.7 Å². The van der Waals surface area contributed by atoms with E-state index in [2.05, 4.69) is 10.2 Å². The van der Waals surface area contributed by atoms with E-state index in [1.54, 1.807) is 0 Å². The Morgan fingerprint density at radius 1 is 1.15 bits per heavy atom. The number of carbonyl (C=O) groups is 2. The third-order valence-corrected chi connectivity index (χ3v) is 3.36. The Balaban J connectivity index is 2.25. The minimum Gasteiger partial charge on any atom is -0.353 e. The van der Waals surface area contributed by atoms with Gasteiger partial charge in [0.15, 0.2) is 0 Å². The first-order chi connectivity index (χ1) is 9.38. The summed E-state index contributed by atoms with van der Waals surface area (Å²) >= 11 is 0. The first kappa shape index (κ1) is 16.9. The minimum atomic E-state index is 0.0525. The monoisotopic (exact) mass is 284 g/mol. The second-order valence-corrected chi connectivity index (χ2v) is 5.90. The van der Waals surface area contributed by atoms with Gasteiger partial charge in [0, 0.05) is 44.7 Å². The van der Waals surface area contributed by atoms with E-state index < -0.39 is 0 Å². The van der Waals surface area contributed by atoms with Gasteiger partial charge in [0.1, 0.15) is 0 Å². The second kappa shape index (κ2) is 8.21. The maximum absolute atomic E-state index is 11.9. The fourth-order valence-electron chi connectivity index (χ4n) is 2.24. The predicted octanol–water partition coefficient (Wildman–Crippen LogP) is -0.217. The van der Waals surface area contributed by atoms with E-state index in [-0.39, 0.29) is 23.9 Å². The summed E-state index contributed by atoms with van der Waals surface area (Å²) in [5.74, 6) is 0.227. The summed E-state index contributed by atoms with van der Waals surface area (Å²) in [5.41, 5.74) is 5.66. The minimum absolute atomic E-state index is 0.0525. The number of carbonyl (C=O) groups excluding carboxylic acids is 2. The van der Waals surface area contributed by atoms with E-state index >= 15 is 0 Å². The Kier molecular flexibility index (Phi) is 6.95. The number of hydrogen-bond acceptors (Lipinski definition) is 4. The van der Waals surface area contributed by atoms with E-state index in [0.29, 0.717) is 26.1 Å². The summed E-state index contributed by atoms with van der Waals surface area (Å²) in [7, 11) is 0. The molecule has 0 bridgehead atoms. The van der Waals surface area contributed by atoms with Crippen LogP contribution in [0.5, 0.6) is 0 Å². The van der Waals surface area contributed by atoms with Crippen molar-refractivity contribution in [2.75, 3.05) is 32.7 Å². The highest BCUT2D eigenvalue weighted by Gasteiger charge is 2.22. The van der Waals surface area contributed by atoms with Gasteiger partial charge in [-0.25, -0.2) is 0 Å². The topological polar surface area (TPSA) is 78.7 Å². The molecular formula is C14H28N4O2. The summed E-state index contributed by atoms with van der Waals surface area (Å²) in [6.45, 7) is 9.16. The molecule has 6 heteroatoms. The third kappa shape index (κ3) is 6.34. The molecule has 20 heavy (non-hydrogen) atoms. The number of nitrogens with zero attached hydrogens (tertiary/aromatic N) is 2. The molecule has 1 rings (SSSR count). The van der Waals surface area contributed by atoms with Crippen LogP contribution in [0.3, 0.4) is 0 Å². The Morgan fingerprint density at radius 3 is 2.25 bits per heavy atom. The lowest BCUT2D eigenvalue weighted by Crippen LogP contribution is -2.51. The molecule has 2 amide bonds. The van der Waals surface area contributed by atoms with Crippen LogP contribution in [-0.4, -0.2) is 66.4 Å². The van der Waals surface area contributed by atoms with E-state index in [1.807, 2.05) is 25.7 Å². The normalized spacial score (nSPS) is 18.1. The highest BCUT2D eigenvalue weighted by Crippen LogP contribution is 2.06. The van der Waals surface area contributed by atoms with Gasteiger partial charge >= 0.3 is 0 Å². The molecule has 1 unspecified atom stereocenters. The summed E-state index contributed by atoms with van der Waals surface area (Å²) in [5, 5.41) is 2.88. The molecule has 3 N–H and O–H groups in total. The summed E-state index contributed by atoms with van der Waals surface area (Å²) in [4.78, 5) is 27.6. The number of rotatable bonds is 6. The van der Waals surface area contributed by atoms with Crippen LogP contribution in [0.25, 0.3) is 0 Å². The molecule has 1 aliphatic heterocycles. The fraction of sp³-hybridized carbons (Fsp3) is 0.857. The van der Waals surface area contributed by atoms with Crippen LogP contribution in [0.4, 0.5) is 0 Å². The Labute approximate surface area is 121 Å². The third-order valence-electron chi connectivity index (χ3n) is 3.36. The maximum atomic E-state index is 11.9. The largest absolute Gasteiger partial charge is 0.353 e. The number of piperazine rings is 1. The standard InChI is InChI=1S/C14H28N4O2/c1-11(2)16-13(19)10-17-6-8-18(9-7-17)14(20)5-4-12(3)15/h11-12H,4-10,15H2,1-3H3,(H,16,19). The molecule has 1 atom stereocenters. The van der Waals surface area contributed by atoms with Gasteiger partial charge in [-0.05, 0) is 27.2 Å². The van der Waals surface area contributed by atoms with Crippen molar-refractivity contribution in [3.8, 4) is 0 Å². The molecule has 0 aromatic heterocycles. The molecule has 6 nitrogen and oxygen atoms in total. The molecule has 0 spiro atoms. The van der Waals surface area contributed by atoms with Crippen molar-refractivity contribution in [1.29, 1.82) is 0 Å². The SMILES string of the molecule is CC(N)CCC(=O)N1CCN(CC(=O)NC(C)C)CC1. The molecule has 116 valence electrons. The van der Waals surface area contributed by atoms with Gasteiger partial charge in [0.2, 0.25) is 11.8 Å². The lowest BCUT2D eigenvalue weighted by molar-refractivity contribution is -0.133. The van der Waals surface area contributed by atoms with Crippen LogP contribution in [-0.2, 0) is 9.59 Å². The Bertz CT molecular complexity index is 323. The maximum Gasteiger partial charge on any atom is 0.234 e.